The molecular formula is C13H15FN2O3. The SMILES string of the molecule is Cc1cc(F)cc(NC(=O)N2CCCC2C(=O)O)c1. The van der Waals surface area contributed by atoms with Crippen LogP contribution in [0.4, 0.5) is 14.9 Å². The molecule has 0 aliphatic carbocycles. The maximum atomic E-state index is 13.2. The Morgan fingerprint density at radius 1 is 1.42 bits per heavy atom. The number of aliphatic carboxylic acids is 1. The zero-order valence-corrected chi connectivity index (χ0v) is 10.5. The van der Waals surface area contributed by atoms with E-state index in [1.165, 1.54) is 17.0 Å². The molecule has 19 heavy (non-hydrogen) atoms. The fraction of sp³-hybridized carbons (Fsp3) is 0.385. The summed E-state index contributed by atoms with van der Waals surface area (Å²) in [5, 5.41) is 11.5. The van der Waals surface area contributed by atoms with Crippen molar-refractivity contribution in [2.45, 2.75) is 25.8 Å². The summed E-state index contributed by atoms with van der Waals surface area (Å²) in [6.07, 6.45) is 1.11. The van der Waals surface area contributed by atoms with E-state index in [-0.39, 0.29) is 0 Å². The van der Waals surface area contributed by atoms with Crippen molar-refractivity contribution in [3.63, 3.8) is 0 Å². The molecule has 1 aliphatic heterocycles. The van der Waals surface area contributed by atoms with Gasteiger partial charge >= 0.3 is 12.0 Å². The van der Waals surface area contributed by atoms with Crippen molar-refractivity contribution >= 4 is 17.7 Å². The van der Waals surface area contributed by atoms with Crippen LogP contribution in [0.15, 0.2) is 18.2 Å². The topological polar surface area (TPSA) is 69.6 Å². The van der Waals surface area contributed by atoms with Gasteiger partial charge in [0, 0.05) is 12.2 Å². The number of carboxylic acids is 1. The first-order valence-electron chi connectivity index (χ1n) is 6.05. The molecule has 2 amide bonds. The minimum Gasteiger partial charge on any atom is -0.480 e. The second kappa shape index (κ2) is 5.26. The zero-order valence-electron chi connectivity index (χ0n) is 10.5. The van der Waals surface area contributed by atoms with Crippen LogP contribution < -0.4 is 5.32 Å². The highest BCUT2D eigenvalue weighted by Crippen LogP contribution is 2.20. The number of likely N-dealkylation sites (tertiary alicyclic amines) is 1. The van der Waals surface area contributed by atoms with Crippen LogP contribution in [-0.4, -0.2) is 34.6 Å². The monoisotopic (exact) mass is 266 g/mol. The van der Waals surface area contributed by atoms with Gasteiger partial charge in [0.1, 0.15) is 11.9 Å². The van der Waals surface area contributed by atoms with Gasteiger partial charge in [-0.1, -0.05) is 0 Å². The minimum atomic E-state index is -1.01. The van der Waals surface area contributed by atoms with E-state index >= 15 is 0 Å². The van der Waals surface area contributed by atoms with Crippen LogP contribution in [0.1, 0.15) is 18.4 Å². The Balaban J connectivity index is 2.10. The first kappa shape index (κ1) is 13.3. The second-order valence-corrected chi connectivity index (χ2v) is 4.64. The van der Waals surface area contributed by atoms with Crippen LogP contribution >= 0.6 is 0 Å². The third-order valence-corrected chi connectivity index (χ3v) is 3.09. The third kappa shape index (κ3) is 3.01. The Morgan fingerprint density at radius 3 is 2.79 bits per heavy atom. The Labute approximate surface area is 110 Å². The number of benzene rings is 1. The lowest BCUT2D eigenvalue weighted by molar-refractivity contribution is -0.141. The average molecular weight is 266 g/mol. The van der Waals surface area contributed by atoms with Gasteiger partial charge in [-0.2, -0.15) is 0 Å². The smallest absolute Gasteiger partial charge is 0.326 e. The number of halogens is 1. The second-order valence-electron chi connectivity index (χ2n) is 4.64. The summed E-state index contributed by atoms with van der Waals surface area (Å²) in [5.74, 6) is -1.45. The highest BCUT2D eigenvalue weighted by molar-refractivity contribution is 5.92. The molecule has 0 bridgehead atoms. The molecule has 102 valence electrons. The first-order valence-corrected chi connectivity index (χ1v) is 6.05. The largest absolute Gasteiger partial charge is 0.480 e. The minimum absolute atomic E-state index is 0.332. The first-order chi connectivity index (χ1) is 8.97. The fourth-order valence-electron chi connectivity index (χ4n) is 2.27. The van der Waals surface area contributed by atoms with Gasteiger partial charge in [0.25, 0.3) is 0 Å². The molecular weight excluding hydrogens is 251 g/mol. The number of nitrogens with zero attached hydrogens (tertiary/aromatic N) is 1. The summed E-state index contributed by atoms with van der Waals surface area (Å²) in [6, 6.07) is 2.89. The number of nitrogens with one attached hydrogen (secondary N) is 1. The zero-order chi connectivity index (χ0) is 14.0. The van der Waals surface area contributed by atoms with E-state index in [0.29, 0.717) is 30.6 Å². The molecule has 0 spiro atoms. The van der Waals surface area contributed by atoms with Gasteiger partial charge in [0.05, 0.1) is 0 Å². The predicted octanol–water partition coefficient (Wildman–Crippen LogP) is 2.22. The number of carbonyl (C=O) groups is 2. The van der Waals surface area contributed by atoms with Crippen molar-refractivity contribution in [2.75, 3.05) is 11.9 Å². The summed E-state index contributed by atoms with van der Waals surface area (Å²) in [4.78, 5) is 24.2. The number of carbonyl (C=O) groups excluding carboxylic acids is 1. The third-order valence-electron chi connectivity index (χ3n) is 3.09. The fourth-order valence-corrected chi connectivity index (χ4v) is 2.27. The van der Waals surface area contributed by atoms with Crippen LogP contribution in [-0.2, 0) is 4.79 Å². The molecule has 1 aromatic rings. The maximum Gasteiger partial charge on any atom is 0.326 e. The number of hydrogen-bond donors (Lipinski definition) is 2. The van der Waals surface area contributed by atoms with Gasteiger partial charge in [-0.3, -0.25) is 0 Å². The van der Waals surface area contributed by atoms with Gasteiger partial charge in [-0.25, -0.2) is 14.0 Å². The van der Waals surface area contributed by atoms with E-state index in [4.69, 9.17) is 5.11 Å². The van der Waals surface area contributed by atoms with E-state index in [0.717, 1.165) is 0 Å². The van der Waals surface area contributed by atoms with Crippen molar-refractivity contribution in [1.29, 1.82) is 0 Å². The molecule has 1 aromatic carbocycles. The lowest BCUT2D eigenvalue weighted by Crippen LogP contribution is -2.42. The number of aryl methyl sites for hydroxylation is 1. The van der Waals surface area contributed by atoms with Gasteiger partial charge in [0.15, 0.2) is 0 Å². The molecule has 5 nitrogen and oxygen atoms in total. The van der Waals surface area contributed by atoms with Crippen LogP contribution in [0.5, 0.6) is 0 Å². The van der Waals surface area contributed by atoms with Crippen LogP contribution in [0.25, 0.3) is 0 Å². The maximum absolute atomic E-state index is 13.2. The van der Waals surface area contributed by atoms with Gasteiger partial charge in [-0.15, -0.1) is 0 Å². The summed E-state index contributed by atoms with van der Waals surface area (Å²) in [7, 11) is 0. The lowest BCUT2D eigenvalue weighted by Gasteiger charge is -2.21. The quantitative estimate of drug-likeness (QED) is 0.862. The normalized spacial score (nSPS) is 18.4. The highest BCUT2D eigenvalue weighted by atomic mass is 19.1. The van der Waals surface area contributed by atoms with Crippen LogP contribution in [0.2, 0.25) is 0 Å². The van der Waals surface area contributed by atoms with Gasteiger partial charge in [-0.05, 0) is 43.5 Å². The van der Waals surface area contributed by atoms with Crippen molar-refractivity contribution in [3.8, 4) is 0 Å². The van der Waals surface area contributed by atoms with Crippen molar-refractivity contribution in [2.24, 2.45) is 0 Å². The molecule has 6 heteroatoms. The highest BCUT2D eigenvalue weighted by Gasteiger charge is 2.33. The molecule has 1 atom stereocenters. The van der Waals surface area contributed by atoms with E-state index < -0.39 is 23.9 Å². The Hall–Kier alpha value is -2.11. The van der Waals surface area contributed by atoms with Crippen LogP contribution in [0, 0.1) is 12.7 Å². The van der Waals surface area contributed by atoms with Gasteiger partial charge in [0.2, 0.25) is 0 Å². The molecule has 1 fully saturated rings. The van der Waals surface area contributed by atoms with E-state index in [1.54, 1.807) is 13.0 Å². The summed E-state index contributed by atoms with van der Waals surface area (Å²) < 4.78 is 13.2. The van der Waals surface area contributed by atoms with E-state index in [2.05, 4.69) is 5.32 Å². The summed E-state index contributed by atoms with van der Waals surface area (Å²) in [6.45, 7) is 2.12. The van der Waals surface area contributed by atoms with Crippen molar-refractivity contribution in [3.05, 3.63) is 29.6 Å². The number of rotatable bonds is 2. The number of anilines is 1. The number of carboxylic acid groups (broad SMARTS) is 1. The summed E-state index contributed by atoms with van der Waals surface area (Å²) >= 11 is 0. The molecule has 1 aliphatic rings. The molecule has 1 heterocycles. The average Bonchev–Trinajstić information content (AvgIpc) is 2.75. The predicted molar refractivity (Wildman–Crippen MR) is 67.5 cm³/mol. The summed E-state index contributed by atoms with van der Waals surface area (Å²) in [5.41, 5.74) is 1.02. The Bertz CT molecular complexity index is 498. The van der Waals surface area contributed by atoms with Crippen molar-refractivity contribution in [1.82, 2.24) is 4.90 Å². The molecule has 2 N–H and O–H groups in total. The van der Waals surface area contributed by atoms with Crippen molar-refractivity contribution < 1.29 is 19.1 Å². The molecule has 1 unspecified atom stereocenters. The number of hydrogen-bond acceptors (Lipinski definition) is 2. The Kier molecular flexibility index (Phi) is 3.69. The molecule has 2 rings (SSSR count). The van der Waals surface area contributed by atoms with E-state index in [9.17, 15) is 14.0 Å². The molecule has 1 saturated heterocycles. The standard InChI is InChI=1S/C13H15FN2O3/c1-8-5-9(14)7-10(6-8)15-13(19)16-4-2-3-11(16)12(17)18/h5-7,11H,2-4H2,1H3,(H,15,19)(H,17,18). The Morgan fingerprint density at radius 2 is 2.16 bits per heavy atom. The lowest BCUT2D eigenvalue weighted by atomic mass is 10.2. The van der Waals surface area contributed by atoms with Crippen LogP contribution in [0.3, 0.4) is 0 Å². The number of amides is 2. The molecule has 0 radical (unpaired) electrons. The van der Waals surface area contributed by atoms with E-state index in [1.807, 2.05) is 0 Å². The molecule has 0 saturated carbocycles. The molecule has 0 aromatic heterocycles. The van der Waals surface area contributed by atoms with Gasteiger partial charge < -0.3 is 15.3 Å². The number of urea groups is 1.